The first kappa shape index (κ1) is 20.9. The number of nitrogens with zero attached hydrogens (tertiary/aromatic N) is 1. The highest BCUT2D eigenvalue weighted by Gasteiger charge is 2.30. The molecule has 3 rings (SSSR count). The molecule has 0 saturated carbocycles. The first-order valence-electron chi connectivity index (χ1n) is 9.29. The average Bonchev–Trinajstić information content (AvgIpc) is 3.19. The van der Waals surface area contributed by atoms with Crippen molar-refractivity contribution in [2.45, 2.75) is 32.0 Å². The topological polar surface area (TPSA) is 62.7 Å². The van der Waals surface area contributed by atoms with E-state index in [1.54, 1.807) is 0 Å². The molecule has 1 atom stereocenters. The molecule has 2 aromatic carbocycles. The van der Waals surface area contributed by atoms with Gasteiger partial charge in [-0.15, -0.1) is 0 Å². The lowest BCUT2D eigenvalue weighted by atomic mass is 10.1. The molecule has 0 aromatic heterocycles. The van der Waals surface area contributed by atoms with Gasteiger partial charge in [-0.05, 0) is 61.7 Å². The van der Waals surface area contributed by atoms with Gasteiger partial charge in [-0.25, -0.2) is 4.99 Å². The van der Waals surface area contributed by atoms with Gasteiger partial charge in [0.05, 0.1) is 18.2 Å². The molecule has 29 heavy (non-hydrogen) atoms. The number of guanidine groups is 1. The van der Waals surface area contributed by atoms with Crippen LogP contribution < -0.4 is 10.6 Å². The van der Waals surface area contributed by atoms with E-state index in [0.717, 1.165) is 48.4 Å². The number of halogens is 3. The van der Waals surface area contributed by atoms with Gasteiger partial charge in [0, 0.05) is 17.9 Å². The van der Waals surface area contributed by atoms with E-state index in [-0.39, 0.29) is 17.6 Å². The van der Waals surface area contributed by atoms with Gasteiger partial charge in [-0.1, -0.05) is 12.1 Å². The van der Waals surface area contributed by atoms with E-state index in [9.17, 15) is 18.0 Å². The molecule has 154 valence electrons. The minimum atomic E-state index is -4.45. The van der Waals surface area contributed by atoms with Crippen LogP contribution >= 0.6 is 0 Å². The van der Waals surface area contributed by atoms with E-state index in [0.29, 0.717) is 13.2 Å². The average molecular weight is 405 g/mol. The first-order chi connectivity index (χ1) is 13.8. The van der Waals surface area contributed by atoms with Crippen LogP contribution in [0.5, 0.6) is 0 Å². The minimum Gasteiger partial charge on any atom is -0.376 e. The Labute approximate surface area is 167 Å². The molecule has 8 heteroatoms. The number of hydrogen-bond donors (Lipinski definition) is 2. The molecule has 1 aliphatic heterocycles. The van der Waals surface area contributed by atoms with Crippen molar-refractivity contribution in [1.82, 2.24) is 5.32 Å². The summed E-state index contributed by atoms with van der Waals surface area (Å²) in [5, 5.41) is 5.71. The maximum absolute atomic E-state index is 12.7. The van der Waals surface area contributed by atoms with Crippen LogP contribution in [0.3, 0.4) is 0 Å². The van der Waals surface area contributed by atoms with Crippen LogP contribution in [0.15, 0.2) is 53.5 Å². The molecule has 1 aliphatic rings. The number of benzene rings is 2. The number of amides is 1. The van der Waals surface area contributed by atoms with Crippen molar-refractivity contribution in [3.8, 4) is 0 Å². The first-order valence-corrected chi connectivity index (χ1v) is 9.29. The molecule has 1 heterocycles. The minimum absolute atomic E-state index is 0.00715. The zero-order chi connectivity index (χ0) is 20.9. The second kappa shape index (κ2) is 9.09. The molecule has 1 amide bonds. The number of aryl methyl sites for hydroxylation is 1. The molecular formula is C21H22F3N3O2. The predicted octanol–water partition coefficient (Wildman–Crippen LogP) is 4.39. The third kappa shape index (κ3) is 6.05. The number of nitrogens with one attached hydrogen (secondary N) is 2. The Morgan fingerprint density at radius 3 is 2.59 bits per heavy atom. The van der Waals surface area contributed by atoms with Gasteiger partial charge in [0.1, 0.15) is 0 Å². The molecule has 1 fully saturated rings. The zero-order valence-electron chi connectivity index (χ0n) is 15.9. The van der Waals surface area contributed by atoms with E-state index in [1.165, 1.54) is 0 Å². The van der Waals surface area contributed by atoms with E-state index in [4.69, 9.17) is 4.74 Å². The summed E-state index contributed by atoms with van der Waals surface area (Å²) in [7, 11) is 0. The van der Waals surface area contributed by atoms with E-state index >= 15 is 0 Å². The van der Waals surface area contributed by atoms with Crippen LogP contribution in [0.4, 0.5) is 18.9 Å². The normalized spacial score (nSPS) is 17.2. The summed E-state index contributed by atoms with van der Waals surface area (Å²) in [5.41, 5.74) is 1.07. The van der Waals surface area contributed by atoms with Crippen LogP contribution in [-0.4, -0.2) is 31.1 Å². The van der Waals surface area contributed by atoms with Crippen molar-refractivity contribution in [2.24, 2.45) is 4.99 Å². The highest BCUT2D eigenvalue weighted by atomic mass is 19.4. The van der Waals surface area contributed by atoms with Crippen molar-refractivity contribution in [3.05, 3.63) is 65.2 Å². The number of carbonyl (C=O) groups is 1. The summed E-state index contributed by atoms with van der Waals surface area (Å²) in [6.45, 7) is 3.01. The number of carbonyl (C=O) groups excluding carboxylic acids is 1. The third-order valence-electron chi connectivity index (χ3n) is 4.46. The fourth-order valence-corrected chi connectivity index (χ4v) is 2.94. The number of alkyl halides is 3. The second-order valence-corrected chi connectivity index (χ2v) is 6.85. The van der Waals surface area contributed by atoms with Gasteiger partial charge in [0.2, 0.25) is 5.96 Å². The summed E-state index contributed by atoms with van der Waals surface area (Å²) < 4.78 is 43.7. The fraction of sp³-hybridized carbons (Fsp3) is 0.333. The van der Waals surface area contributed by atoms with Crippen molar-refractivity contribution in [2.75, 3.05) is 18.5 Å². The molecule has 0 radical (unpaired) electrons. The Balaban J connectivity index is 1.74. The van der Waals surface area contributed by atoms with Crippen LogP contribution in [0.25, 0.3) is 0 Å². The van der Waals surface area contributed by atoms with Crippen LogP contribution in [0.1, 0.15) is 34.3 Å². The van der Waals surface area contributed by atoms with Crippen LogP contribution in [-0.2, 0) is 10.9 Å². The molecule has 5 nitrogen and oxygen atoms in total. The van der Waals surface area contributed by atoms with Crippen molar-refractivity contribution in [1.29, 1.82) is 0 Å². The van der Waals surface area contributed by atoms with Gasteiger partial charge in [0.15, 0.2) is 0 Å². The van der Waals surface area contributed by atoms with Gasteiger partial charge in [-0.3, -0.25) is 10.1 Å². The third-order valence-corrected chi connectivity index (χ3v) is 4.46. The lowest BCUT2D eigenvalue weighted by Crippen LogP contribution is -2.36. The Bertz CT molecular complexity index is 873. The number of ether oxygens (including phenoxy) is 1. The fourth-order valence-electron chi connectivity index (χ4n) is 2.94. The highest BCUT2D eigenvalue weighted by Crippen LogP contribution is 2.29. The van der Waals surface area contributed by atoms with Gasteiger partial charge in [0.25, 0.3) is 5.91 Å². The van der Waals surface area contributed by atoms with Crippen molar-refractivity contribution in [3.63, 3.8) is 0 Å². The summed E-state index contributed by atoms with van der Waals surface area (Å²) in [4.78, 5) is 16.9. The molecule has 1 saturated heterocycles. The summed E-state index contributed by atoms with van der Waals surface area (Å²) in [6.07, 6.45) is -2.59. The SMILES string of the molecule is Cc1cccc(NC(=NC[C@H]2CCCO2)NC(=O)c2ccc(C(F)(F)F)cc2)c1. The Kier molecular flexibility index (Phi) is 6.53. The zero-order valence-corrected chi connectivity index (χ0v) is 15.9. The highest BCUT2D eigenvalue weighted by molar-refractivity contribution is 6.10. The standard InChI is InChI=1S/C21H22F3N3O2/c1-14-4-2-5-17(12-14)26-20(25-13-18-6-3-11-29-18)27-19(28)15-7-9-16(10-8-15)21(22,23)24/h2,4-5,7-10,12,18H,3,6,11,13H2,1H3,(H2,25,26,27,28)/t18-/m1/s1. The Hall–Kier alpha value is -2.87. The van der Waals surface area contributed by atoms with E-state index < -0.39 is 17.6 Å². The molecule has 0 bridgehead atoms. The summed E-state index contributed by atoms with van der Waals surface area (Å²) >= 11 is 0. The second-order valence-electron chi connectivity index (χ2n) is 6.85. The molecular weight excluding hydrogens is 383 g/mol. The lowest BCUT2D eigenvalue weighted by molar-refractivity contribution is -0.137. The Morgan fingerprint density at radius 2 is 1.97 bits per heavy atom. The Morgan fingerprint density at radius 1 is 1.21 bits per heavy atom. The number of hydrogen-bond acceptors (Lipinski definition) is 3. The molecule has 0 unspecified atom stereocenters. The maximum Gasteiger partial charge on any atom is 0.416 e. The number of aliphatic imine (C=N–C) groups is 1. The number of anilines is 1. The largest absolute Gasteiger partial charge is 0.416 e. The smallest absolute Gasteiger partial charge is 0.376 e. The maximum atomic E-state index is 12.7. The van der Waals surface area contributed by atoms with Crippen LogP contribution in [0.2, 0.25) is 0 Å². The molecule has 0 aliphatic carbocycles. The van der Waals surface area contributed by atoms with E-state index in [1.807, 2.05) is 31.2 Å². The van der Waals surface area contributed by atoms with Gasteiger partial charge >= 0.3 is 6.18 Å². The number of rotatable bonds is 4. The van der Waals surface area contributed by atoms with Crippen molar-refractivity contribution < 1.29 is 22.7 Å². The summed E-state index contributed by atoms with van der Waals surface area (Å²) in [6, 6.07) is 11.6. The van der Waals surface area contributed by atoms with Gasteiger partial charge in [-0.2, -0.15) is 13.2 Å². The lowest BCUT2D eigenvalue weighted by Gasteiger charge is -2.14. The molecule has 2 N–H and O–H groups in total. The van der Waals surface area contributed by atoms with Crippen LogP contribution in [0, 0.1) is 6.92 Å². The van der Waals surface area contributed by atoms with Gasteiger partial charge < -0.3 is 10.1 Å². The molecule has 2 aromatic rings. The monoisotopic (exact) mass is 405 g/mol. The molecule has 0 spiro atoms. The quantitative estimate of drug-likeness (QED) is 0.586. The summed E-state index contributed by atoms with van der Waals surface area (Å²) in [5.74, 6) is -0.332. The van der Waals surface area contributed by atoms with Crippen molar-refractivity contribution >= 4 is 17.6 Å². The van der Waals surface area contributed by atoms with E-state index in [2.05, 4.69) is 15.6 Å². The predicted molar refractivity (Wildman–Crippen MR) is 105 cm³/mol.